The van der Waals surface area contributed by atoms with Gasteiger partial charge in [-0.1, -0.05) is 20.3 Å². The molecule has 90 valence electrons. The molecule has 0 spiro atoms. The summed E-state index contributed by atoms with van der Waals surface area (Å²) in [6.45, 7) is 5.38. The Morgan fingerprint density at radius 1 is 1.38 bits per heavy atom. The summed E-state index contributed by atoms with van der Waals surface area (Å²) < 4.78 is 5.35. The number of aromatic nitrogens is 1. The van der Waals surface area contributed by atoms with Gasteiger partial charge in [0.1, 0.15) is 5.75 Å². The second kappa shape index (κ2) is 7.23. The van der Waals surface area contributed by atoms with E-state index in [9.17, 15) is 0 Å². The summed E-state index contributed by atoms with van der Waals surface area (Å²) in [6, 6.07) is 4.19. The van der Waals surface area contributed by atoms with Crippen LogP contribution >= 0.6 is 0 Å². The fourth-order valence-electron chi connectivity index (χ4n) is 1.78. The van der Waals surface area contributed by atoms with Crippen LogP contribution in [0.3, 0.4) is 0 Å². The first-order valence-corrected chi connectivity index (χ1v) is 6.05. The van der Waals surface area contributed by atoms with Crippen LogP contribution in [0.5, 0.6) is 5.75 Å². The molecule has 0 radical (unpaired) electrons. The van der Waals surface area contributed by atoms with Crippen LogP contribution in [0.2, 0.25) is 0 Å². The molecular weight excluding hydrogens is 200 g/mol. The van der Waals surface area contributed by atoms with Crippen LogP contribution in [0.25, 0.3) is 0 Å². The molecule has 1 N–H and O–H groups in total. The molecule has 1 heterocycles. The lowest BCUT2D eigenvalue weighted by molar-refractivity contribution is 0.388. The van der Waals surface area contributed by atoms with Gasteiger partial charge in [0.25, 0.3) is 0 Å². The third-order valence-corrected chi connectivity index (χ3v) is 2.57. The van der Waals surface area contributed by atoms with Crippen molar-refractivity contribution in [3.63, 3.8) is 0 Å². The predicted molar refractivity (Wildman–Crippen MR) is 66.7 cm³/mol. The molecule has 0 bridgehead atoms. The molecule has 1 unspecified atom stereocenters. The number of rotatable bonds is 7. The van der Waals surface area contributed by atoms with Gasteiger partial charge in [0.05, 0.1) is 18.8 Å². The Balaban J connectivity index is 2.81. The maximum atomic E-state index is 5.35. The van der Waals surface area contributed by atoms with E-state index in [2.05, 4.69) is 24.1 Å². The second-order valence-corrected chi connectivity index (χ2v) is 3.89. The number of hydrogen-bond acceptors (Lipinski definition) is 3. The van der Waals surface area contributed by atoms with Crippen molar-refractivity contribution in [2.45, 2.75) is 39.2 Å². The molecule has 0 aliphatic heterocycles. The third-order valence-electron chi connectivity index (χ3n) is 2.57. The van der Waals surface area contributed by atoms with E-state index >= 15 is 0 Å². The van der Waals surface area contributed by atoms with E-state index in [1.54, 1.807) is 7.11 Å². The summed E-state index contributed by atoms with van der Waals surface area (Å²) in [7, 11) is 1.70. The summed E-state index contributed by atoms with van der Waals surface area (Å²) >= 11 is 0. The minimum absolute atomic E-state index is 0.307. The highest BCUT2D eigenvalue weighted by molar-refractivity contribution is 5.29. The Bertz CT molecular complexity index is 302. The van der Waals surface area contributed by atoms with E-state index in [1.807, 2.05) is 18.3 Å². The summed E-state index contributed by atoms with van der Waals surface area (Å²) in [5.41, 5.74) is 1.03. The minimum atomic E-state index is 0.307. The van der Waals surface area contributed by atoms with E-state index < -0.39 is 0 Å². The van der Waals surface area contributed by atoms with Crippen LogP contribution < -0.4 is 10.1 Å². The van der Waals surface area contributed by atoms with Crippen LogP contribution in [0, 0.1) is 0 Å². The lowest BCUT2D eigenvalue weighted by atomic mass is 10.1. The van der Waals surface area contributed by atoms with Gasteiger partial charge in [-0.3, -0.25) is 4.98 Å². The van der Waals surface area contributed by atoms with Gasteiger partial charge in [-0.15, -0.1) is 0 Å². The molecule has 0 amide bonds. The molecule has 0 saturated carbocycles. The zero-order valence-electron chi connectivity index (χ0n) is 10.5. The highest BCUT2D eigenvalue weighted by Gasteiger charge is 2.15. The van der Waals surface area contributed by atoms with Crippen molar-refractivity contribution in [2.75, 3.05) is 13.7 Å². The van der Waals surface area contributed by atoms with Crippen LogP contribution in [-0.2, 0) is 0 Å². The summed E-state index contributed by atoms with van der Waals surface area (Å²) in [5, 5.41) is 3.52. The maximum absolute atomic E-state index is 5.35. The van der Waals surface area contributed by atoms with Crippen LogP contribution in [0.15, 0.2) is 18.3 Å². The first-order valence-electron chi connectivity index (χ1n) is 6.05. The molecule has 1 aromatic heterocycles. The molecule has 0 aromatic carbocycles. The van der Waals surface area contributed by atoms with Gasteiger partial charge < -0.3 is 10.1 Å². The van der Waals surface area contributed by atoms with E-state index in [4.69, 9.17) is 4.74 Å². The minimum Gasteiger partial charge on any atom is -0.495 e. The molecular formula is C13H22N2O. The molecule has 3 heteroatoms. The fourth-order valence-corrected chi connectivity index (χ4v) is 1.78. The monoisotopic (exact) mass is 222 g/mol. The average molecular weight is 222 g/mol. The van der Waals surface area contributed by atoms with Crippen molar-refractivity contribution >= 4 is 0 Å². The highest BCUT2D eigenvalue weighted by atomic mass is 16.5. The first kappa shape index (κ1) is 13.0. The smallest absolute Gasteiger partial charge is 0.141 e. The fraction of sp³-hybridized carbons (Fsp3) is 0.615. The van der Waals surface area contributed by atoms with Gasteiger partial charge >= 0.3 is 0 Å². The van der Waals surface area contributed by atoms with Gasteiger partial charge in [-0.25, -0.2) is 0 Å². The van der Waals surface area contributed by atoms with Crippen molar-refractivity contribution in [1.29, 1.82) is 0 Å². The van der Waals surface area contributed by atoms with Gasteiger partial charge in [0.15, 0.2) is 0 Å². The molecule has 16 heavy (non-hydrogen) atoms. The number of hydrogen-bond donors (Lipinski definition) is 1. The Morgan fingerprint density at radius 3 is 2.81 bits per heavy atom. The normalized spacial score (nSPS) is 12.4. The zero-order chi connectivity index (χ0) is 11.8. The second-order valence-electron chi connectivity index (χ2n) is 3.89. The molecule has 1 atom stereocenters. The maximum Gasteiger partial charge on any atom is 0.141 e. The molecule has 3 nitrogen and oxygen atoms in total. The molecule has 0 saturated heterocycles. The quantitative estimate of drug-likeness (QED) is 0.770. The van der Waals surface area contributed by atoms with E-state index in [0.717, 1.165) is 37.3 Å². The number of nitrogens with zero attached hydrogens (tertiary/aromatic N) is 1. The van der Waals surface area contributed by atoms with Crippen molar-refractivity contribution in [3.05, 3.63) is 24.0 Å². The topological polar surface area (TPSA) is 34.2 Å². The van der Waals surface area contributed by atoms with Gasteiger partial charge in [-0.2, -0.15) is 0 Å². The summed E-state index contributed by atoms with van der Waals surface area (Å²) in [4.78, 5) is 4.43. The lowest BCUT2D eigenvalue weighted by Crippen LogP contribution is -2.23. The number of nitrogens with one attached hydrogen (secondary N) is 1. The van der Waals surface area contributed by atoms with Gasteiger partial charge in [0, 0.05) is 6.20 Å². The molecule has 0 fully saturated rings. The van der Waals surface area contributed by atoms with Crippen molar-refractivity contribution in [3.8, 4) is 5.75 Å². The van der Waals surface area contributed by atoms with Crippen molar-refractivity contribution in [2.24, 2.45) is 0 Å². The summed E-state index contributed by atoms with van der Waals surface area (Å²) in [6.07, 6.45) is 5.19. The predicted octanol–water partition coefficient (Wildman–Crippen LogP) is 2.93. The standard InChI is InChI=1S/C13H22N2O/c1-4-7-11(14-9-5-2)13-12(16-3)8-6-10-15-13/h6,8,10-11,14H,4-5,7,9H2,1-3H3. The van der Waals surface area contributed by atoms with Gasteiger partial charge in [-0.05, 0) is 31.5 Å². The average Bonchev–Trinajstić information content (AvgIpc) is 2.34. The van der Waals surface area contributed by atoms with Crippen LogP contribution in [-0.4, -0.2) is 18.6 Å². The Labute approximate surface area is 98.2 Å². The highest BCUT2D eigenvalue weighted by Crippen LogP contribution is 2.25. The molecule has 1 rings (SSSR count). The molecule has 0 aliphatic rings. The van der Waals surface area contributed by atoms with Crippen molar-refractivity contribution < 1.29 is 4.74 Å². The number of pyridine rings is 1. The Kier molecular flexibility index (Phi) is 5.86. The van der Waals surface area contributed by atoms with Crippen LogP contribution in [0.1, 0.15) is 44.8 Å². The number of ether oxygens (including phenoxy) is 1. The SMILES string of the molecule is CCCNC(CCC)c1ncccc1OC. The zero-order valence-corrected chi connectivity index (χ0v) is 10.5. The number of methoxy groups -OCH3 is 1. The summed E-state index contributed by atoms with van der Waals surface area (Å²) in [5.74, 6) is 0.879. The Morgan fingerprint density at radius 2 is 2.19 bits per heavy atom. The van der Waals surface area contributed by atoms with E-state index in [0.29, 0.717) is 6.04 Å². The van der Waals surface area contributed by atoms with E-state index in [1.165, 1.54) is 0 Å². The third kappa shape index (κ3) is 3.49. The lowest BCUT2D eigenvalue weighted by Gasteiger charge is -2.19. The molecule has 1 aromatic rings. The van der Waals surface area contributed by atoms with Gasteiger partial charge in [0.2, 0.25) is 0 Å². The largest absolute Gasteiger partial charge is 0.495 e. The first-order chi connectivity index (χ1) is 7.83. The van der Waals surface area contributed by atoms with Crippen LogP contribution in [0.4, 0.5) is 0 Å². The Hall–Kier alpha value is -1.09. The molecule has 0 aliphatic carbocycles. The van der Waals surface area contributed by atoms with E-state index in [-0.39, 0.29) is 0 Å². The van der Waals surface area contributed by atoms with Crippen molar-refractivity contribution in [1.82, 2.24) is 10.3 Å².